The smallest absolute Gasteiger partial charge is 0.328 e. The number of nitro groups is 5. The van der Waals surface area contributed by atoms with Crippen LogP contribution in [-0.2, 0) is 47.7 Å². The van der Waals surface area contributed by atoms with Crippen LogP contribution in [0.15, 0.2) is 146 Å². The van der Waals surface area contributed by atoms with Gasteiger partial charge >= 0.3 is 29.8 Å². The number of amides is 3. The Bertz CT molecular complexity index is 3470. The predicted molar refractivity (Wildman–Crippen MR) is 336 cm³/mol. The van der Waals surface area contributed by atoms with Gasteiger partial charge in [0.15, 0.2) is 11.6 Å². The molecular formula is C63H66N8O25. The van der Waals surface area contributed by atoms with Crippen molar-refractivity contribution in [1.82, 2.24) is 16.0 Å². The minimum Gasteiger partial charge on any atom is -0.469 e. The lowest BCUT2D eigenvalue weighted by atomic mass is 9.92. The Kier molecular flexibility index (Phi) is 32.3. The highest BCUT2D eigenvalue weighted by atomic mass is 16.6. The molecule has 96 heavy (non-hydrogen) atoms. The maximum Gasteiger partial charge on any atom is 0.328 e. The lowest BCUT2D eigenvalue weighted by molar-refractivity contribution is -0.385. The molecular weight excluding hydrogens is 1270 g/mol. The number of allylic oxidation sites excluding steroid dienone is 1. The molecule has 0 unspecified atom stereocenters. The van der Waals surface area contributed by atoms with Crippen molar-refractivity contribution >= 4 is 87.6 Å². The quantitative estimate of drug-likeness (QED) is 0.00680. The van der Waals surface area contributed by atoms with Crippen LogP contribution in [0.5, 0.6) is 0 Å². The summed E-state index contributed by atoms with van der Waals surface area (Å²) in [5.41, 5.74) is 0.0494. The number of methoxy groups -OCH3 is 5. The van der Waals surface area contributed by atoms with Crippen LogP contribution in [0.4, 0.5) is 28.4 Å². The topological polar surface area (TPSA) is 469 Å². The van der Waals surface area contributed by atoms with Gasteiger partial charge in [0.25, 0.3) is 46.2 Å². The van der Waals surface area contributed by atoms with Crippen molar-refractivity contribution in [2.75, 3.05) is 35.5 Å². The molecule has 3 amide bonds. The number of nitrogens with zero attached hydrogens (tertiary/aromatic N) is 5. The van der Waals surface area contributed by atoms with E-state index in [1.165, 1.54) is 150 Å². The minimum absolute atomic E-state index is 0.00438. The molecule has 0 aliphatic heterocycles. The molecule has 0 aromatic heterocycles. The van der Waals surface area contributed by atoms with Crippen LogP contribution in [0, 0.1) is 62.4 Å². The van der Waals surface area contributed by atoms with Crippen molar-refractivity contribution in [2.45, 2.75) is 75.9 Å². The van der Waals surface area contributed by atoms with Gasteiger partial charge in [-0.3, -0.25) is 84.1 Å². The number of carbonyl (C=O) groups is 10. The molecule has 0 heterocycles. The third-order valence-corrected chi connectivity index (χ3v) is 13.8. The van der Waals surface area contributed by atoms with Gasteiger partial charge in [0.1, 0.15) is 18.1 Å². The highest BCUT2D eigenvalue weighted by Gasteiger charge is 2.28. The molecule has 0 aliphatic rings. The minimum atomic E-state index is -1.09. The number of unbranched alkanes of at least 4 members (excludes halogenated alkanes) is 1. The van der Waals surface area contributed by atoms with Gasteiger partial charge in [-0.1, -0.05) is 31.1 Å². The highest BCUT2D eigenvalue weighted by molar-refractivity contribution is 6.00. The van der Waals surface area contributed by atoms with E-state index >= 15 is 0 Å². The van der Waals surface area contributed by atoms with E-state index in [0.717, 1.165) is 19.2 Å². The lowest BCUT2D eigenvalue weighted by Gasteiger charge is -2.18. The highest BCUT2D eigenvalue weighted by Crippen LogP contribution is 2.23. The molecule has 0 spiro atoms. The van der Waals surface area contributed by atoms with Crippen LogP contribution < -0.4 is 16.0 Å². The molecule has 0 fully saturated rings. The number of benzene rings is 5. The van der Waals surface area contributed by atoms with Gasteiger partial charge < -0.3 is 39.6 Å². The van der Waals surface area contributed by atoms with E-state index in [2.05, 4.69) is 27.3 Å². The molecule has 5 atom stereocenters. The van der Waals surface area contributed by atoms with Crippen molar-refractivity contribution in [3.8, 4) is 0 Å². The van der Waals surface area contributed by atoms with Crippen LogP contribution in [0.3, 0.4) is 0 Å². The fourth-order valence-electron chi connectivity index (χ4n) is 8.55. The number of non-ortho nitro benzene ring substituents is 5. The Morgan fingerprint density at radius 2 is 0.625 bits per heavy atom. The molecule has 508 valence electrons. The maximum atomic E-state index is 12.6. The summed E-state index contributed by atoms with van der Waals surface area (Å²) in [4.78, 5) is 173. The summed E-state index contributed by atoms with van der Waals surface area (Å²) in [5, 5.41) is 61.2. The molecule has 0 saturated heterocycles. The largest absolute Gasteiger partial charge is 0.469 e. The van der Waals surface area contributed by atoms with Crippen molar-refractivity contribution in [2.24, 2.45) is 11.8 Å². The van der Waals surface area contributed by atoms with Crippen molar-refractivity contribution in [3.05, 3.63) is 225 Å². The lowest BCUT2D eigenvalue weighted by Crippen LogP contribution is -2.41. The standard InChI is InChI=1S/C25H27N3O10.C25H25N3O10.C13H14N2O5/c2*1-37-24(31)18(15-22(29)16-7-11-19(12-8-16)27(33)34)5-3-4-6-21(25(32)38-2)26-23(30)17-9-13-20(14-10-17)28(35)36;1-3-4-11(13(17)20-2)14-12(16)9-5-7-10(8-6-9)15(18)19/h7-14,18,21H,3-6,15H2,1-2H3,(H,26,30);3-4,7-14,18,21H,5-6,15H2,1-2H3,(H,26,30);3,5-8,11H,1,4H2,2H3,(H,14,16)/t2*18-,21+;11-/m110/s1. The van der Waals surface area contributed by atoms with E-state index in [1.54, 1.807) is 6.08 Å². The Morgan fingerprint density at radius 3 is 0.938 bits per heavy atom. The normalized spacial score (nSPS) is 12.0. The second-order valence-corrected chi connectivity index (χ2v) is 20.1. The summed E-state index contributed by atoms with van der Waals surface area (Å²) in [6.07, 6.45) is 5.73. The Hall–Kier alpha value is -12.3. The molecule has 0 aliphatic carbocycles. The summed E-state index contributed by atoms with van der Waals surface area (Å²) in [6, 6.07) is 21.9. The zero-order valence-corrected chi connectivity index (χ0v) is 52.2. The van der Waals surface area contributed by atoms with Crippen molar-refractivity contribution in [3.63, 3.8) is 0 Å². The number of nitrogens with one attached hydrogen (secondary N) is 3. The molecule has 0 saturated carbocycles. The van der Waals surface area contributed by atoms with Crippen LogP contribution in [0.1, 0.15) is 110 Å². The number of Topliss-reactive ketones (excluding diaryl/α,β-unsaturated/α-hetero) is 2. The summed E-state index contributed by atoms with van der Waals surface area (Å²) >= 11 is 0. The van der Waals surface area contributed by atoms with Gasteiger partial charge in [-0.2, -0.15) is 0 Å². The Morgan fingerprint density at radius 1 is 0.365 bits per heavy atom. The molecule has 5 aromatic rings. The Labute approximate surface area is 545 Å². The third kappa shape index (κ3) is 25.4. The van der Waals surface area contributed by atoms with Crippen LogP contribution in [-0.4, -0.2) is 137 Å². The summed E-state index contributed by atoms with van der Waals surface area (Å²) in [7, 11) is 5.91. The first-order valence-corrected chi connectivity index (χ1v) is 28.5. The number of rotatable bonds is 33. The Balaban J connectivity index is 0.000000394. The van der Waals surface area contributed by atoms with Gasteiger partial charge in [-0.15, -0.1) is 6.58 Å². The van der Waals surface area contributed by atoms with Crippen LogP contribution in [0.2, 0.25) is 0 Å². The van der Waals surface area contributed by atoms with Crippen molar-refractivity contribution < 1.29 is 96.2 Å². The molecule has 3 N–H and O–H groups in total. The van der Waals surface area contributed by atoms with Gasteiger partial charge in [-0.05, 0) is 92.8 Å². The first-order valence-electron chi connectivity index (χ1n) is 28.5. The van der Waals surface area contributed by atoms with Crippen molar-refractivity contribution in [1.29, 1.82) is 0 Å². The monoisotopic (exact) mass is 1330 g/mol. The number of hydrogen-bond donors (Lipinski definition) is 3. The second kappa shape index (κ2) is 39.8. The zero-order valence-electron chi connectivity index (χ0n) is 52.2. The van der Waals surface area contributed by atoms with E-state index in [9.17, 15) is 98.5 Å². The number of esters is 5. The maximum absolute atomic E-state index is 12.6. The zero-order chi connectivity index (χ0) is 71.6. The van der Waals surface area contributed by atoms with E-state index in [1.807, 2.05) is 0 Å². The number of carbonyl (C=O) groups excluding carboxylic acids is 10. The molecule has 0 radical (unpaired) electrons. The summed E-state index contributed by atoms with van der Waals surface area (Å²) < 4.78 is 23.6. The predicted octanol–water partition coefficient (Wildman–Crippen LogP) is 8.01. The summed E-state index contributed by atoms with van der Waals surface area (Å²) in [5.74, 6) is -7.42. The van der Waals surface area contributed by atoms with Gasteiger partial charge in [-0.25, -0.2) is 14.4 Å². The number of nitro benzene ring substituents is 5. The van der Waals surface area contributed by atoms with Gasteiger partial charge in [0.2, 0.25) is 0 Å². The first kappa shape index (κ1) is 77.9. The molecule has 33 nitrogen and oxygen atoms in total. The van der Waals surface area contributed by atoms with E-state index in [4.69, 9.17) is 18.9 Å². The molecule has 0 bridgehead atoms. The fourth-order valence-corrected chi connectivity index (χ4v) is 8.55. The molecule has 5 aromatic carbocycles. The number of ether oxygens (including phenoxy) is 5. The molecule has 5 rings (SSSR count). The van der Waals surface area contributed by atoms with Gasteiger partial charge in [0, 0.05) is 101 Å². The van der Waals surface area contributed by atoms with Crippen LogP contribution >= 0.6 is 0 Å². The molecule has 33 heteroatoms. The average molecular weight is 1340 g/mol. The summed E-state index contributed by atoms with van der Waals surface area (Å²) in [6.45, 7) is 3.49. The second-order valence-electron chi connectivity index (χ2n) is 20.1. The fraction of sp³-hybridized carbons (Fsp3) is 0.302. The van der Waals surface area contributed by atoms with Crippen LogP contribution in [0.25, 0.3) is 0 Å². The van der Waals surface area contributed by atoms with E-state index in [-0.39, 0.29) is 107 Å². The third-order valence-electron chi connectivity index (χ3n) is 13.8. The van der Waals surface area contributed by atoms with Gasteiger partial charge in [0.05, 0.1) is 72.0 Å². The average Bonchev–Trinajstić information content (AvgIpc) is 1.01. The SMILES string of the molecule is C=CC[C@H](NC(=O)c1ccc([N+](=O)[O-])cc1)C(=O)OC.COC(=O)[C@H](CC=CC[C@H](NC(=O)c1ccc([N+](=O)[O-])cc1)C(=O)OC)CC(=O)c1ccc([N+](=O)[O-])cc1.COC(=O)[C@H](CCCC[C@H](NC(=O)c1ccc([N+](=O)[O-])cc1)C(=O)OC)CC(=O)c1ccc([N+](=O)[O-])cc1. The number of ketones is 2. The van der Waals surface area contributed by atoms with E-state index < -0.39 is 108 Å². The number of hydrogen-bond acceptors (Lipinski definition) is 25. The first-order chi connectivity index (χ1) is 45.6. The van der Waals surface area contributed by atoms with E-state index in [0.29, 0.717) is 12.8 Å².